The molecule has 0 aromatic carbocycles. The standard InChI is InChI=1S/C13H21BrN2O3/c1-8(2)11(14)13(18)16-5-6-19-7-10(16)12(17)15-9-3-4-9/h8-11H,3-7H2,1-2H3,(H,15,17). The highest BCUT2D eigenvalue weighted by Crippen LogP contribution is 2.21. The minimum absolute atomic E-state index is 0.0192. The Morgan fingerprint density at radius 2 is 2.05 bits per heavy atom. The molecule has 2 atom stereocenters. The molecular weight excluding hydrogens is 312 g/mol. The van der Waals surface area contributed by atoms with Gasteiger partial charge >= 0.3 is 0 Å². The molecule has 1 aliphatic heterocycles. The molecule has 0 radical (unpaired) electrons. The number of hydrogen-bond donors (Lipinski definition) is 1. The van der Waals surface area contributed by atoms with Crippen molar-refractivity contribution < 1.29 is 14.3 Å². The van der Waals surface area contributed by atoms with E-state index in [0.29, 0.717) is 25.8 Å². The SMILES string of the molecule is CC(C)C(Br)C(=O)N1CCOCC1C(=O)NC1CC1. The summed E-state index contributed by atoms with van der Waals surface area (Å²) in [6.45, 7) is 5.24. The summed E-state index contributed by atoms with van der Waals surface area (Å²) in [5.74, 6) is 0.0933. The third kappa shape index (κ3) is 3.69. The first-order valence-electron chi connectivity index (χ1n) is 6.83. The second-order valence-corrected chi connectivity index (χ2v) is 6.54. The average molecular weight is 333 g/mol. The minimum Gasteiger partial charge on any atom is -0.377 e. The van der Waals surface area contributed by atoms with Gasteiger partial charge in [-0.25, -0.2) is 0 Å². The van der Waals surface area contributed by atoms with E-state index < -0.39 is 6.04 Å². The van der Waals surface area contributed by atoms with Gasteiger partial charge in [-0.3, -0.25) is 9.59 Å². The first-order valence-corrected chi connectivity index (χ1v) is 7.75. The summed E-state index contributed by atoms with van der Waals surface area (Å²) >= 11 is 3.42. The van der Waals surface area contributed by atoms with Crippen LogP contribution in [0.25, 0.3) is 0 Å². The fraction of sp³-hybridized carbons (Fsp3) is 0.846. The van der Waals surface area contributed by atoms with E-state index in [1.807, 2.05) is 13.8 Å². The van der Waals surface area contributed by atoms with Crippen LogP contribution in [0.1, 0.15) is 26.7 Å². The number of rotatable bonds is 4. The topological polar surface area (TPSA) is 58.6 Å². The smallest absolute Gasteiger partial charge is 0.245 e. The van der Waals surface area contributed by atoms with Crippen molar-refractivity contribution in [1.82, 2.24) is 10.2 Å². The summed E-state index contributed by atoms with van der Waals surface area (Å²) < 4.78 is 5.36. The highest BCUT2D eigenvalue weighted by Gasteiger charge is 2.37. The third-order valence-electron chi connectivity index (χ3n) is 3.46. The number of alkyl halides is 1. The third-order valence-corrected chi connectivity index (χ3v) is 4.91. The van der Waals surface area contributed by atoms with Gasteiger partial charge in [0.1, 0.15) is 6.04 Å². The van der Waals surface area contributed by atoms with E-state index in [1.165, 1.54) is 0 Å². The summed E-state index contributed by atoms with van der Waals surface area (Å²) in [5, 5.41) is 2.95. The van der Waals surface area contributed by atoms with Crippen molar-refractivity contribution in [3.05, 3.63) is 0 Å². The van der Waals surface area contributed by atoms with Crippen LogP contribution in [0.15, 0.2) is 0 Å². The molecule has 108 valence electrons. The lowest BCUT2D eigenvalue weighted by Crippen LogP contribution is -2.58. The Kier molecular flexibility index (Phi) is 4.84. The summed E-state index contributed by atoms with van der Waals surface area (Å²) in [6.07, 6.45) is 2.08. The summed E-state index contributed by atoms with van der Waals surface area (Å²) in [7, 11) is 0. The Balaban J connectivity index is 2.01. The molecule has 2 fully saturated rings. The molecule has 6 heteroatoms. The van der Waals surface area contributed by atoms with E-state index >= 15 is 0 Å². The maximum absolute atomic E-state index is 12.4. The van der Waals surface area contributed by atoms with Crippen molar-refractivity contribution in [3.8, 4) is 0 Å². The summed E-state index contributed by atoms with van der Waals surface area (Å²) in [5.41, 5.74) is 0. The van der Waals surface area contributed by atoms with Crippen LogP contribution >= 0.6 is 15.9 Å². The van der Waals surface area contributed by atoms with Gasteiger partial charge in [0, 0.05) is 12.6 Å². The average Bonchev–Trinajstić information content (AvgIpc) is 3.20. The lowest BCUT2D eigenvalue weighted by molar-refractivity contribution is -0.148. The quantitative estimate of drug-likeness (QED) is 0.778. The molecule has 0 aromatic heterocycles. The Morgan fingerprint density at radius 3 is 2.63 bits per heavy atom. The van der Waals surface area contributed by atoms with Crippen molar-refractivity contribution in [2.45, 2.75) is 43.6 Å². The first-order chi connectivity index (χ1) is 9.00. The molecule has 1 aliphatic carbocycles. The molecule has 0 spiro atoms. The van der Waals surface area contributed by atoms with Crippen LogP contribution in [0.5, 0.6) is 0 Å². The number of carbonyl (C=O) groups excluding carboxylic acids is 2. The van der Waals surface area contributed by atoms with Gasteiger partial charge in [-0.15, -0.1) is 0 Å². The number of carbonyl (C=O) groups is 2. The van der Waals surface area contributed by atoms with Gasteiger partial charge in [-0.05, 0) is 18.8 Å². The zero-order valence-corrected chi connectivity index (χ0v) is 13.0. The van der Waals surface area contributed by atoms with Gasteiger partial charge in [0.05, 0.1) is 18.0 Å². The molecule has 1 N–H and O–H groups in total. The van der Waals surface area contributed by atoms with Crippen LogP contribution < -0.4 is 5.32 Å². The maximum Gasteiger partial charge on any atom is 0.245 e. The summed E-state index contributed by atoms with van der Waals surface area (Å²) in [6, 6.07) is -0.183. The monoisotopic (exact) mass is 332 g/mol. The normalized spacial score (nSPS) is 25.3. The van der Waals surface area contributed by atoms with Crippen molar-refractivity contribution in [1.29, 1.82) is 0 Å². The van der Waals surface area contributed by atoms with Crippen molar-refractivity contribution in [3.63, 3.8) is 0 Å². The van der Waals surface area contributed by atoms with Gasteiger partial charge in [0.25, 0.3) is 0 Å². The molecule has 5 nitrogen and oxygen atoms in total. The molecule has 2 aliphatic rings. The predicted octanol–water partition coefficient (Wildman–Crippen LogP) is 0.912. The Hall–Kier alpha value is -0.620. The van der Waals surface area contributed by atoms with Crippen LogP contribution in [0, 0.1) is 5.92 Å². The molecule has 1 saturated heterocycles. The zero-order chi connectivity index (χ0) is 14.0. The van der Waals surface area contributed by atoms with Crippen LogP contribution in [-0.4, -0.2) is 53.4 Å². The molecule has 2 unspecified atom stereocenters. The van der Waals surface area contributed by atoms with E-state index in [2.05, 4.69) is 21.2 Å². The number of nitrogens with one attached hydrogen (secondary N) is 1. The van der Waals surface area contributed by atoms with Gasteiger partial charge in [-0.1, -0.05) is 29.8 Å². The Morgan fingerprint density at radius 1 is 1.37 bits per heavy atom. The Labute approximate surface area is 122 Å². The first kappa shape index (κ1) is 14.8. The lowest BCUT2D eigenvalue weighted by atomic mass is 10.1. The zero-order valence-electron chi connectivity index (χ0n) is 11.4. The number of halogens is 1. The van der Waals surface area contributed by atoms with Crippen molar-refractivity contribution in [2.75, 3.05) is 19.8 Å². The molecule has 0 bridgehead atoms. The number of amides is 2. The molecule has 1 saturated carbocycles. The number of ether oxygens (including phenoxy) is 1. The van der Waals surface area contributed by atoms with E-state index in [4.69, 9.17) is 4.74 Å². The largest absolute Gasteiger partial charge is 0.377 e. The van der Waals surface area contributed by atoms with Gasteiger partial charge in [-0.2, -0.15) is 0 Å². The molecular formula is C13H21BrN2O3. The Bertz CT molecular complexity index is 358. The highest BCUT2D eigenvalue weighted by molar-refractivity contribution is 9.10. The fourth-order valence-corrected chi connectivity index (χ4v) is 2.32. The van der Waals surface area contributed by atoms with Crippen LogP contribution in [-0.2, 0) is 14.3 Å². The highest BCUT2D eigenvalue weighted by atomic mass is 79.9. The van der Waals surface area contributed by atoms with Gasteiger partial charge in [0.15, 0.2) is 0 Å². The van der Waals surface area contributed by atoms with E-state index in [0.717, 1.165) is 12.8 Å². The minimum atomic E-state index is -0.486. The van der Waals surface area contributed by atoms with Gasteiger partial charge < -0.3 is 15.0 Å². The van der Waals surface area contributed by atoms with Gasteiger partial charge in [0.2, 0.25) is 11.8 Å². The summed E-state index contributed by atoms with van der Waals surface area (Å²) in [4.78, 5) is 26.0. The molecule has 2 rings (SSSR count). The predicted molar refractivity (Wildman–Crippen MR) is 75.0 cm³/mol. The van der Waals surface area contributed by atoms with Crippen LogP contribution in [0.4, 0.5) is 0 Å². The molecule has 1 heterocycles. The number of morpholine rings is 1. The second-order valence-electron chi connectivity index (χ2n) is 5.55. The molecule has 2 amide bonds. The van der Waals surface area contributed by atoms with Crippen LogP contribution in [0.2, 0.25) is 0 Å². The lowest BCUT2D eigenvalue weighted by Gasteiger charge is -2.36. The van der Waals surface area contributed by atoms with E-state index in [1.54, 1.807) is 4.90 Å². The van der Waals surface area contributed by atoms with Crippen molar-refractivity contribution in [2.24, 2.45) is 5.92 Å². The van der Waals surface area contributed by atoms with E-state index in [9.17, 15) is 9.59 Å². The number of nitrogens with zero attached hydrogens (tertiary/aromatic N) is 1. The molecule has 19 heavy (non-hydrogen) atoms. The number of hydrogen-bond acceptors (Lipinski definition) is 3. The second kappa shape index (κ2) is 6.22. The maximum atomic E-state index is 12.4. The van der Waals surface area contributed by atoms with Crippen LogP contribution in [0.3, 0.4) is 0 Å². The molecule has 0 aromatic rings. The van der Waals surface area contributed by atoms with Crippen molar-refractivity contribution >= 4 is 27.7 Å². The van der Waals surface area contributed by atoms with E-state index in [-0.39, 0.29) is 22.6 Å². The fourth-order valence-electron chi connectivity index (χ4n) is 2.05.